The fourth-order valence-corrected chi connectivity index (χ4v) is 1.99. The van der Waals surface area contributed by atoms with E-state index in [-0.39, 0.29) is 12.5 Å². The van der Waals surface area contributed by atoms with E-state index in [1.54, 1.807) is 24.3 Å². The number of anilines is 1. The van der Waals surface area contributed by atoms with Crippen molar-refractivity contribution in [3.63, 3.8) is 0 Å². The maximum atomic E-state index is 11.8. The van der Waals surface area contributed by atoms with Crippen molar-refractivity contribution >= 4 is 17.8 Å². The number of carbonyl (C=O) groups is 1. The minimum Gasteiger partial charge on any atom is -0.391 e. The summed E-state index contributed by atoms with van der Waals surface area (Å²) in [5.41, 5.74) is 4.34. The van der Waals surface area contributed by atoms with E-state index in [2.05, 4.69) is 10.5 Å². The van der Waals surface area contributed by atoms with Crippen LogP contribution in [0.15, 0.2) is 47.6 Å². The van der Waals surface area contributed by atoms with Gasteiger partial charge in [-0.25, -0.2) is 0 Å². The first-order valence-corrected chi connectivity index (χ1v) is 7.11. The van der Waals surface area contributed by atoms with Gasteiger partial charge in [-0.05, 0) is 43.2 Å². The average Bonchev–Trinajstić information content (AvgIpc) is 2.55. The second-order valence-electron chi connectivity index (χ2n) is 5.12. The summed E-state index contributed by atoms with van der Waals surface area (Å²) >= 11 is 0. The summed E-state index contributed by atoms with van der Waals surface area (Å²) in [6.45, 7) is 4.16. The molecule has 2 aromatic rings. The van der Waals surface area contributed by atoms with Gasteiger partial charge in [0.1, 0.15) is 12.8 Å². The Kier molecular flexibility index (Phi) is 5.48. The van der Waals surface area contributed by atoms with Gasteiger partial charge in [0.05, 0.1) is 11.6 Å². The lowest BCUT2D eigenvalue weighted by Crippen LogP contribution is -2.13. The molecule has 5 nitrogen and oxygen atoms in total. The Bertz CT molecular complexity index is 759. The van der Waals surface area contributed by atoms with Crippen molar-refractivity contribution in [2.75, 3.05) is 5.32 Å². The lowest BCUT2D eigenvalue weighted by molar-refractivity contribution is -0.110. The number of aryl methyl sites for hydroxylation is 2. The molecule has 0 atom stereocenters. The minimum atomic E-state index is -0.350. The van der Waals surface area contributed by atoms with Crippen LogP contribution >= 0.6 is 0 Å². The summed E-state index contributed by atoms with van der Waals surface area (Å²) in [6, 6.07) is 14.8. The number of rotatable bonds is 5. The smallest absolute Gasteiger partial charge is 0.270 e. The van der Waals surface area contributed by atoms with Gasteiger partial charge in [-0.15, -0.1) is 0 Å². The zero-order chi connectivity index (χ0) is 16.7. The molecular weight excluding hydrogens is 290 g/mol. The Hall–Kier alpha value is -3.13. The number of nitrogens with one attached hydrogen (secondary N) is 1. The van der Waals surface area contributed by atoms with Crippen molar-refractivity contribution in [3.8, 4) is 6.07 Å². The normalized spacial score (nSPS) is 10.3. The van der Waals surface area contributed by atoms with Crippen LogP contribution in [0, 0.1) is 25.2 Å². The third kappa shape index (κ3) is 4.97. The van der Waals surface area contributed by atoms with Gasteiger partial charge < -0.3 is 10.2 Å². The van der Waals surface area contributed by atoms with Crippen molar-refractivity contribution in [1.82, 2.24) is 0 Å². The Labute approximate surface area is 135 Å². The summed E-state index contributed by atoms with van der Waals surface area (Å²) in [7, 11) is 0. The number of carbonyl (C=O) groups excluding carboxylic acids is 1. The van der Waals surface area contributed by atoms with Gasteiger partial charge in [0.25, 0.3) is 5.91 Å². The zero-order valence-corrected chi connectivity index (χ0v) is 13.0. The molecule has 23 heavy (non-hydrogen) atoms. The molecule has 0 aromatic heterocycles. The molecule has 0 aliphatic heterocycles. The fourth-order valence-electron chi connectivity index (χ4n) is 1.99. The number of benzene rings is 2. The van der Waals surface area contributed by atoms with Crippen LogP contribution < -0.4 is 5.32 Å². The molecule has 0 saturated carbocycles. The number of hydrogen-bond acceptors (Lipinski definition) is 4. The molecule has 0 heterocycles. The van der Waals surface area contributed by atoms with Gasteiger partial charge in [0.15, 0.2) is 0 Å². The van der Waals surface area contributed by atoms with Crippen molar-refractivity contribution in [2.24, 2.45) is 5.16 Å². The van der Waals surface area contributed by atoms with Crippen LogP contribution in [0.4, 0.5) is 5.69 Å². The summed E-state index contributed by atoms with van der Waals surface area (Å²) in [5, 5.41) is 15.1. The predicted octanol–water partition coefficient (Wildman–Crippen LogP) is 3.32. The van der Waals surface area contributed by atoms with Crippen molar-refractivity contribution in [1.29, 1.82) is 5.26 Å². The summed E-state index contributed by atoms with van der Waals surface area (Å²) in [6.07, 6.45) is 1.10. The SMILES string of the molecule is Cc1ccc(NC(=O)/C=N\OCc2ccc(C#N)cc2)c(C)c1. The third-order valence-electron chi connectivity index (χ3n) is 3.20. The predicted molar refractivity (Wildman–Crippen MR) is 89.0 cm³/mol. The molecule has 2 rings (SSSR count). The van der Waals surface area contributed by atoms with Crippen LogP contribution in [-0.4, -0.2) is 12.1 Å². The maximum Gasteiger partial charge on any atom is 0.270 e. The van der Waals surface area contributed by atoms with Crippen molar-refractivity contribution < 1.29 is 9.63 Å². The number of nitriles is 1. The zero-order valence-electron chi connectivity index (χ0n) is 13.0. The molecule has 0 saturated heterocycles. The Balaban J connectivity index is 1.82. The van der Waals surface area contributed by atoms with Crippen LogP contribution in [0.3, 0.4) is 0 Å². The molecule has 116 valence electrons. The van der Waals surface area contributed by atoms with Gasteiger partial charge in [-0.2, -0.15) is 5.26 Å². The molecule has 1 N–H and O–H groups in total. The first-order chi connectivity index (χ1) is 11.1. The minimum absolute atomic E-state index is 0.235. The number of oxime groups is 1. The van der Waals surface area contributed by atoms with E-state index >= 15 is 0 Å². The molecule has 0 bridgehead atoms. The molecule has 0 radical (unpaired) electrons. The molecule has 0 unspecified atom stereocenters. The molecule has 0 aliphatic rings. The van der Waals surface area contributed by atoms with Gasteiger partial charge in [0.2, 0.25) is 0 Å². The van der Waals surface area contributed by atoms with Crippen LogP contribution in [0.5, 0.6) is 0 Å². The number of nitrogens with zero attached hydrogens (tertiary/aromatic N) is 2. The van der Waals surface area contributed by atoms with Crippen LogP contribution in [0.25, 0.3) is 0 Å². The highest BCUT2D eigenvalue weighted by atomic mass is 16.6. The quantitative estimate of drug-likeness (QED) is 0.680. The Morgan fingerprint density at radius 2 is 2.00 bits per heavy atom. The number of hydrogen-bond donors (Lipinski definition) is 1. The first-order valence-electron chi connectivity index (χ1n) is 7.11. The Morgan fingerprint density at radius 3 is 2.65 bits per heavy atom. The summed E-state index contributed by atoms with van der Waals surface area (Å²) in [5.74, 6) is -0.350. The van der Waals surface area contributed by atoms with Crippen LogP contribution in [-0.2, 0) is 16.2 Å². The standard InChI is InChI=1S/C18H17N3O2/c1-13-3-8-17(14(2)9-13)21-18(22)11-20-23-12-16-6-4-15(10-19)5-7-16/h3-9,11H,12H2,1-2H3,(H,21,22)/b20-11-. The molecule has 0 spiro atoms. The molecule has 1 amide bonds. The fraction of sp³-hybridized carbons (Fsp3) is 0.167. The van der Waals surface area contributed by atoms with Crippen LogP contribution in [0.1, 0.15) is 22.3 Å². The topological polar surface area (TPSA) is 74.5 Å². The second kappa shape index (κ2) is 7.76. The van der Waals surface area contributed by atoms with E-state index in [0.29, 0.717) is 5.56 Å². The average molecular weight is 307 g/mol. The van der Waals surface area contributed by atoms with Crippen molar-refractivity contribution in [2.45, 2.75) is 20.5 Å². The van der Waals surface area contributed by atoms with Gasteiger partial charge in [0, 0.05) is 5.69 Å². The van der Waals surface area contributed by atoms with E-state index in [4.69, 9.17) is 10.1 Å². The highest BCUT2D eigenvalue weighted by molar-refractivity contribution is 6.31. The molecule has 0 fully saturated rings. The Morgan fingerprint density at radius 1 is 1.26 bits per heavy atom. The molecule has 5 heteroatoms. The van der Waals surface area contributed by atoms with E-state index in [1.165, 1.54) is 0 Å². The summed E-state index contributed by atoms with van der Waals surface area (Å²) in [4.78, 5) is 16.8. The first kappa shape index (κ1) is 16.2. The monoisotopic (exact) mass is 307 g/mol. The molecular formula is C18H17N3O2. The molecule has 0 aliphatic carbocycles. The van der Waals surface area contributed by atoms with Gasteiger partial charge in [-0.3, -0.25) is 4.79 Å². The van der Waals surface area contributed by atoms with Crippen molar-refractivity contribution in [3.05, 3.63) is 64.7 Å². The largest absolute Gasteiger partial charge is 0.391 e. The van der Waals surface area contributed by atoms with E-state index in [9.17, 15) is 4.79 Å². The highest BCUT2D eigenvalue weighted by Crippen LogP contribution is 2.15. The van der Waals surface area contributed by atoms with Crippen LogP contribution in [0.2, 0.25) is 0 Å². The lowest BCUT2D eigenvalue weighted by atomic mass is 10.1. The highest BCUT2D eigenvalue weighted by Gasteiger charge is 2.02. The molecule has 2 aromatic carbocycles. The van der Waals surface area contributed by atoms with Gasteiger partial charge >= 0.3 is 0 Å². The third-order valence-corrected chi connectivity index (χ3v) is 3.20. The lowest BCUT2D eigenvalue weighted by Gasteiger charge is -2.06. The second-order valence-corrected chi connectivity index (χ2v) is 5.12. The maximum absolute atomic E-state index is 11.8. The summed E-state index contributed by atoms with van der Waals surface area (Å²) < 4.78 is 0. The van der Waals surface area contributed by atoms with Gasteiger partial charge in [-0.1, -0.05) is 35.0 Å². The van der Waals surface area contributed by atoms with E-state index in [1.807, 2.05) is 38.1 Å². The van der Waals surface area contributed by atoms with E-state index < -0.39 is 0 Å². The number of amides is 1. The van der Waals surface area contributed by atoms with E-state index in [0.717, 1.165) is 28.6 Å².